The molecule has 0 aromatic rings. The van der Waals surface area contributed by atoms with E-state index in [-0.39, 0.29) is 37.7 Å². The van der Waals surface area contributed by atoms with Gasteiger partial charge in [0.15, 0.2) is 0 Å². The summed E-state index contributed by atoms with van der Waals surface area (Å²) in [6, 6.07) is 0. The van der Waals surface area contributed by atoms with Crippen LogP contribution in [0, 0.1) is 6.92 Å². The molecule has 0 unspecified atom stereocenters. The minimum atomic E-state index is 0. The van der Waals surface area contributed by atoms with Gasteiger partial charge >= 0.3 is 37.7 Å². The van der Waals surface area contributed by atoms with Gasteiger partial charge in [-0.1, -0.05) is 0 Å². The zero-order chi connectivity index (χ0) is 3.41. The fraction of sp³-hybridized carbons (Fsp3) is 0.250. The summed E-state index contributed by atoms with van der Waals surface area (Å²) in [5.41, 5.74) is 0. The Morgan fingerprint density at radius 2 is 1.50 bits per heavy atom. The SMILES string of the molecule is [CH2-]C=CC.[Li+].[Li+]. The van der Waals surface area contributed by atoms with Crippen molar-refractivity contribution in [2.75, 3.05) is 0 Å². The first kappa shape index (κ1) is 15.8. The number of rotatable bonds is 0. The largest absolute Gasteiger partial charge is 1.00 e. The van der Waals surface area contributed by atoms with E-state index in [0.717, 1.165) is 0 Å². The Kier molecular flexibility index (Phi) is 45.0. The molecule has 0 saturated heterocycles. The molecule has 0 aromatic heterocycles. The fourth-order valence-corrected chi connectivity index (χ4v) is 0. The molecule has 0 aliphatic carbocycles. The van der Waals surface area contributed by atoms with Crippen molar-refractivity contribution >= 4 is 0 Å². The Bertz CT molecular complexity index is 20.7. The van der Waals surface area contributed by atoms with Crippen LogP contribution >= 0.6 is 0 Å². The minimum absolute atomic E-state index is 0. The minimum Gasteiger partial charge on any atom is -0.245 e. The number of allylic oxidation sites excluding steroid dienone is 2. The second-order valence-corrected chi connectivity index (χ2v) is 0.569. The van der Waals surface area contributed by atoms with Crippen LogP contribution in [0.25, 0.3) is 0 Å². The molecule has 6 heavy (non-hydrogen) atoms. The third-order valence-electron chi connectivity index (χ3n) is 0.236. The third kappa shape index (κ3) is 21.4. The van der Waals surface area contributed by atoms with Gasteiger partial charge in [-0.3, -0.25) is 0 Å². The first-order valence-corrected chi connectivity index (χ1v) is 1.32. The number of hydrogen-bond acceptors (Lipinski definition) is 0. The van der Waals surface area contributed by atoms with Gasteiger partial charge in [0.05, 0.1) is 0 Å². The molecule has 0 bridgehead atoms. The van der Waals surface area contributed by atoms with E-state index < -0.39 is 0 Å². The molecule has 2 heteroatoms. The maximum absolute atomic E-state index is 3.42. The first-order chi connectivity index (χ1) is 1.91. The number of hydrogen-bond donors (Lipinski definition) is 0. The van der Waals surface area contributed by atoms with Crippen molar-refractivity contribution in [2.45, 2.75) is 6.92 Å². The van der Waals surface area contributed by atoms with E-state index in [1.54, 1.807) is 6.08 Å². The normalized spacial score (nSPS) is 6.17. The standard InChI is InChI=1S/C4H7.2Li/c1-3-4-2;;/h3-4H,1H2,2H3;;/q-1;2*+1. The van der Waals surface area contributed by atoms with E-state index in [4.69, 9.17) is 0 Å². The average Bonchev–Trinajstić information content (AvgIpc) is 1.37. The molecule has 0 aromatic carbocycles. The van der Waals surface area contributed by atoms with Gasteiger partial charge in [-0.15, -0.1) is 6.92 Å². The molecule has 0 radical (unpaired) electrons. The van der Waals surface area contributed by atoms with E-state index >= 15 is 0 Å². The van der Waals surface area contributed by atoms with Crippen LogP contribution in [0.5, 0.6) is 0 Å². The summed E-state index contributed by atoms with van der Waals surface area (Å²) in [5, 5.41) is 0. The van der Waals surface area contributed by atoms with E-state index in [1.807, 2.05) is 13.0 Å². The van der Waals surface area contributed by atoms with Crippen LogP contribution in [0.15, 0.2) is 12.2 Å². The van der Waals surface area contributed by atoms with Crippen molar-refractivity contribution in [1.29, 1.82) is 0 Å². The molecule has 0 N–H and O–H groups in total. The second kappa shape index (κ2) is 17.0. The summed E-state index contributed by atoms with van der Waals surface area (Å²) in [7, 11) is 0. The van der Waals surface area contributed by atoms with Crippen LogP contribution in [0.1, 0.15) is 6.92 Å². The van der Waals surface area contributed by atoms with Gasteiger partial charge in [0.2, 0.25) is 0 Å². The molecule has 0 fully saturated rings. The monoisotopic (exact) mass is 69.1 g/mol. The van der Waals surface area contributed by atoms with E-state index in [2.05, 4.69) is 6.92 Å². The topological polar surface area (TPSA) is 0 Å². The zero-order valence-electron chi connectivity index (χ0n) is 4.86. The summed E-state index contributed by atoms with van der Waals surface area (Å²) in [6.45, 7) is 5.36. The molecular formula is C4H7Li2+. The molecule has 0 rings (SSSR count). The van der Waals surface area contributed by atoms with Gasteiger partial charge in [0, 0.05) is 0 Å². The van der Waals surface area contributed by atoms with Crippen LogP contribution in [-0.4, -0.2) is 0 Å². The third-order valence-corrected chi connectivity index (χ3v) is 0.236. The van der Waals surface area contributed by atoms with Crippen molar-refractivity contribution in [3.8, 4) is 0 Å². The van der Waals surface area contributed by atoms with Gasteiger partial charge in [-0.25, -0.2) is 19.1 Å². The maximum atomic E-state index is 3.42. The molecule has 0 amide bonds. The summed E-state index contributed by atoms with van der Waals surface area (Å²) in [6.07, 6.45) is 3.64. The molecule has 0 aliphatic rings. The van der Waals surface area contributed by atoms with Crippen molar-refractivity contribution in [3.05, 3.63) is 19.1 Å². The van der Waals surface area contributed by atoms with E-state index in [1.165, 1.54) is 0 Å². The molecule has 0 spiro atoms. The van der Waals surface area contributed by atoms with Gasteiger partial charge in [0.25, 0.3) is 0 Å². The van der Waals surface area contributed by atoms with Crippen molar-refractivity contribution < 1.29 is 37.7 Å². The zero-order valence-corrected chi connectivity index (χ0v) is 4.86. The molecule has 0 atom stereocenters. The smallest absolute Gasteiger partial charge is 0.245 e. The Labute approximate surface area is 63.7 Å². The Morgan fingerprint density at radius 3 is 1.50 bits per heavy atom. The Morgan fingerprint density at radius 1 is 1.33 bits per heavy atom. The van der Waals surface area contributed by atoms with Gasteiger partial charge in [-0.05, 0) is 0 Å². The van der Waals surface area contributed by atoms with Crippen molar-refractivity contribution in [3.63, 3.8) is 0 Å². The van der Waals surface area contributed by atoms with Crippen molar-refractivity contribution in [2.24, 2.45) is 0 Å². The predicted molar refractivity (Wildman–Crippen MR) is 20.2 cm³/mol. The Balaban J connectivity index is -0.0000000450. The fourth-order valence-electron chi connectivity index (χ4n) is 0. The van der Waals surface area contributed by atoms with Crippen LogP contribution in [-0.2, 0) is 0 Å². The molecule has 0 heterocycles. The molecule has 0 saturated carbocycles. The molecular weight excluding hydrogens is 61.9 g/mol. The molecule has 0 nitrogen and oxygen atoms in total. The summed E-state index contributed by atoms with van der Waals surface area (Å²) >= 11 is 0. The van der Waals surface area contributed by atoms with Crippen LogP contribution < -0.4 is 37.7 Å². The second-order valence-electron chi connectivity index (χ2n) is 0.569. The summed E-state index contributed by atoms with van der Waals surface area (Å²) < 4.78 is 0. The van der Waals surface area contributed by atoms with Gasteiger partial charge in [0.1, 0.15) is 0 Å². The molecule has 24 valence electrons. The first-order valence-electron chi connectivity index (χ1n) is 1.32. The van der Waals surface area contributed by atoms with Crippen LogP contribution in [0.2, 0.25) is 0 Å². The molecule has 0 aliphatic heterocycles. The van der Waals surface area contributed by atoms with Crippen LogP contribution in [0.4, 0.5) is 0 Å². The van der Waals surface area contributed by atoms with Gasteiger partial charge < -0.3 is 0 Å². The Hall–Kier alpha value is 0.805. The van der Waals surface area contributed by atoms with Crippen molar-refractivity contribution in [1.82, 2.24) is 0 Å². The van der Waals surface area contributed by atoms with Gasteiger partial charge in [-0.2, -0.15) is 0 Å². The van der Waals surface area contributed by atoms with Crippen LogP contribution in [0.3, 0.4) is 0 Å². The van der Waals surface area contributed by atoms with E-state index in [9.17, 15) is 0 Å². The quantitative estimate of drug-likeness (QED) is 0.198. The predicted octanol–water partition coefficient (Wildman–Crippen LogP) is -4.60. The van der Waals surface area contributed by atoms with E-state index in [0.29, 0.717) is 0 Å². The maximum Gasteiger partial charge on any atom is 1.00 e. The average molecular weight is 69.0 g/mol. The summed E-state index contributed by atoms with van der Waals surface area (Å²) in [4.78, 5) is 0. The summed E-state index contributed by atoms with van der Waals surface area (Å²) in [5.74, 6) is 0.